The predicted octanol–water partition coefficient (Wildman–Crippen LogP) is 3.30. The molecule has 2 aromatic rings. The van der Waals surface area contributed by atoms with Gasteiger partial charge in [-0.3, -0.25) is 0 Å². The van der Waals surface area contributed by atoms with Crippen LogP contribution in [0, 0.1) is 10.1 Å². The topological polar surface area (TPSA) is 74.9 Å². The SMILES string of the molecule is O=[N+]([O-])/N=C1\N(CCc2ccc(Cl)cc2)CCN1Cc1ccc(Cl)nc1. The molecule has 0 atom stereocenters. The molecule has 1 aromatic carbocycles. The molecule has 1 fully saturated rings. The van der Waals surface area contributed by atoms with E-state index in [1.165, 1.54) is 0 Å². The van der Waals surface area contributed by atoms with Crippen LogP contribution in [0.2, 0.25) is 10.2 Å². The first-order chi connectivity index (χ1) is 12.5. The number of nitro groups is 1. The molecule has 9 heteroatoms. The summed E-state index contributed by atoms with van der Waals surface area (Å²) in [4.78, 5) is 18.8. The summed E-state index contributed by atoms with van der Waals surface area (Å²) in [6, 6.07) is 11.2. The highest BCUT2D eigenvalue weighted by Gasteiger charge is 2.29. The van der Waals surface area contributed by atoms with Gasteiger partial charge in [-0.1, -0.05) is 41.4 Å². The number of nitrogens with zero attached hydrogens (tertiary/aromatic N) is 5. The fraction of sp³-hybridized carbons (Fsp3) is 0.294. The van der Waals surface area contributed by atoms with Gasteiger partial charge in [-0.2, -0.15) is 0 Å². The van der Waals surface area contributed by atoms with Gasteiger partial charge in [-0.05, 0) is 35.7 Å². The van der Waals surface area contributed by atoms with Crippen LogP contribution in [0.3, 0.4) is 0 Å². The van der Waals surface area contributed by atoms with Crippen molar-refractivity contribution in [3.05, 3.63) is 74.0 Å². The number of guanidine groups is 1. The third kappa shape index (κ3) is 4.83. The molecule has 136 valence electrons. The molecule has 0 amide bonds. The Bertz CT molecular complexity index is 796. The van der Waals surface area contributed by atoms with E-state index in [0.717, 1.165) is 17.5 Å². The van der Waals surface area contributed by atoms with Crippen LogP contribution in [0.15, 0.2) is 47.7 Å². The smallest absolute Gasteiger partial charge is 0.274 e. The van der Waals surface area contributed by atoms with Crippen molar-refractivity contribution in [3.8, 4) is 0 Å². The molecule has 0 bridgehead atoms. The van der Waals surface area contributed by atoms with E-state index < -0.39 is 5.03 Å². The molecule has 0 spiro atoms. The fourth-order valence-corrected chi connectivity index (χ4v) is 3.08. The molecule has 1 aliphatic rings. The normalized spacial score (nSPS) is 15.7. The van der Waals surface area contributed by atoms with Gasteiger partial charge in [-0.15, -0.1) is 0 Å². The monoisotopic (exact) mass is 393 g/mol. The second-order valence-electron chi connectivity index (χ2n) is 5.91. The Morgan fingerprint density at radius 2 is 1.77 bits per heavy atom. The number of halogens is 2. The molecule has 0 N–H and O–H groups in total. The summed E-state index contributed by atoms with van der Waals surface area (Å²) >= 11 is 11.7. The standard InChI is InChI=1S/C17H17Cl2N5O2/c18-15-4-1-13(2-5-15)7-8-22-9-10-23(17(22)21-24(25)26)12-14-3-6-16(19)20-11-14/h1-6,11H,7-10,12H2/b21-17+. The molecular formula is C17H17Cl2N5O2. The molecule has 1 saturated heterocycles. The zero-order chi connectivity index (χ0) is 18.5. The van der Waals surface area contributed by atoms with Gasteiger partial charge >= 0.3 is 0 Å². The molecule has 0 saturated carbocycles. The second-order valence-corrected chi connectivity index (χ2v) is 6.74. The first kappa shape index (κ1) is 18.4. The van der Waals surface area contributed by atoms with Gasteiger partial charge in [0.25, 0.3) is 5.96 Å². The van der Waals surface area contributed by atoms with Crippen LogP contribution in [0.1, 0.15) is 11.1 Å². The number of aromatic nitrogens is 1. The first-order valence-electron chi connectivity index (χ1n) is 8.09. The van der Waals surface area contributed by atoms with Gasteiger partial charge in [0.2, 0.25) is 0 Å². The summed E-state index contributed by atoms with van der Waals surface area (Å²) in [5.74, 6) is 0.374. The lowest BCUT2D eigenvalue weighted by atomic mass is 10.1. The predicted molar refractivity (Wildman–Crippen MR) is 101 cm³/mol. The van der Waals surface area contributed by atoms with Gasteiger partial charge in [0.05, 0.1) is 0 Å². The molecule has 2 heterocycles. The molecule has 1 aromatic heterocycles. The summed E-state index contributed by atoms with van der Waals surface area (Å²) < 4.78 is 0. The van der Waals surface area contributed by atoms with E-state index in [-0.39, 0.29) is 0 Å². The highest BCUT2D eigenvalue weighted by Crippen LogP contribution is 2.16. The van der Waals surface area contributed by atoms with Crippen molar-refractivity contribution < 1.29 is 5.03 Å². The van der Waals surface area contributed by atoms with E-state index in [4.69, 9.17) is 23.2 Å². The second kappa shape index (κ2) is 8.33. The van der Waals surface area contributed by atoms with Crippen molar-refractivity contribution in [1.82, 2.24) is 14.8 Å². The van der Waals surface area contributed by atoms with Crippen LogP contribution in [0.5, 0.6) is 0 Å². The Morgan fingerprint density at radius 3 is 2.42 bits per heavy atom. The number of hydrazone groups is 1. The Balaban J connectivity index is 1.68. The Kier molecular flexibility index (Phi) is 5.90. The van der Waals surface area contributed by atoms with Crippen LogP contribution in [-0.2, 0) is 13.0 Å². The van der Waals surface area contributed by atoms with Gasteiger partial charge in [0.15, 0.2) is 5.03 Å². The molecular weight excluding hydrogens is 377 g/mol. The number of benzene rings is 1. The minimum absolute atomic E-state index is 0.374. The summed E-state index contributed by atoms with van der Waals surface area (Å²) in [5.41, 5.74) is 2.04. The number of pyridine rings is 1. The lowest BCUT2D eigenvalue weighted by molar-refractivity contribution is -0.486. The third-order valence-electron chi connectivity index (χ3n) is 4.12. The van der Waals surface area contributed by atoms with Crippen molar-refractivity contribution in [1.29, 1.82) is 0 Å². The average molecular weight is 394 g/mol. The van der Waals surface area contributed by atoms with Gasteiger partial charge < -0.3 is 9.80 Å². The fourth-order valence-electron chi connectivity index (χ4n) is 2.84. The zero-order valence-corrected chi connectivity index (χ0v) is 15.4. The number of hydrogen-bond acceptors (Lipinski definition) is 3. The number of hydrogen-bond donors (Lipinski definition) is 0. The Hall–Kier alpha value is -2.38. The molecule has 26 heavy (non-hydrogen) atoms. The van der Waals surface area contributed by atoms with E-state index >= 15 is 0 Å². The molecule has 0 aliphatic carbocycles. The first-order valence-corrected chi connectivity index (χ1v) is 8.84. The Morgan fingerprint density at radius 1 is 1.08 bits per heavy atom. The minimum atomic E-state index is -0.650. The molecule has 3 rings (SSSR count). The van der Waals surface area contributed by atoms with Crippen molar-refractivity contribution in [2.75, 3.05) is 19.6 Å². The van der Waals surface area contributed by atoms with Crippen molar-refractivity contribution >= 4 is 29.2 Å². The Labute approximate surface area is 161 Å². The largest absolute Gasteiger partial charge is 0.335 e. The molecule has 0 radical (unpaired) electrons. The van der Waals surface area contributed by atoms with Crippen LogP contribution < -0.4 is 0 Å². The highest BCUT2D eigenvalue weighted by atomic mass is 35.5. The maximum Gasteiger partial charge on any atom is 0.274 e. The quantitative estimate of drug-likeness (QED) is 0.427. The molecule has 0 unspecified atom stereocenters. The maximum atomic E-state index is 11.0. The summed E-state index contributed by atoms with van der Waals surface area (Å²) in [5, 5.41) is 15.0. The van der Waals surface area contributed by atoms with Crippen molar-refractivity contribution in [2.24, 2.45) is 5.10 Å². The van der Waals surface area contributed by atoms with Crippen LogP contribution >= 0.6 is 23.2 Å². The van der Waals surface area contributed by atoms with Crippen LogP contribution in [0.4, 0.5) is 0 Å². The molecule has 7 nitrogen and oxygen atoms in total. The number of rotatable bonds is 6. The summed E-state index contributed by atoms with van der Waals surface area (Å²) in [6.45, 7) is 2.48. The molecule has 1 aliphatic heterocycles. The maximum absolute atomic E-state index is 11.0. The zero-order valence-electron chi connectivity index (χ0n) is 13.9. The van der Waals surface area contributed by atoms with Crippen LogP contribution in [0.25, 0.3) is 0 Å². The van der Waals surface area contributed by atoms with Gasteiger partial charge in [-0.25, -0.2) is 15.1 Å². The lowest BCUT2D eigenvalue weighted by Crippen LogP contribution is -2.35. The summed E-state index contributed by atoms with van der Waals surface area (Å²) in [7, 11) is 0. The average Bonchev–Trinajstić information content (AvgIpc) is 2.97. The van der Waals surface area contributed by atoms with E-state index in [0.29, 0.717) is 42.3 Å². The summed E-state index contributed by atoms with van der Waals surface area (Å²) in [6.07, 6.45) is 2.42. The van der Waals surface area contributed by atoms with E-state index in [9.17, 15) is 10.1 Å². The third-order valence-corrected chi connectivity index (χ3v) is 4.60. The van der Waals surface area contributed by atoms with Crippen molar-refractivity contribution in [3.63, 3.8) is 0 Å². The van der Waals surface area contributed by atoms with Gasteiger partial charge in [0.1, 0.15) is 10.3 Å². The highest BCUT2D eigenvalue weighted by molar-refractivity contribution is 6.30. The van der Waals surface area contributed by atoms with E-state index in [2.05, 4.69) is 10.1 Å². The van der Waals surface area contributed by atoms with E-state index in [1.807, 2.05) is 40.1 Å². The van der Waals surface area contributed by atoms with Gasteiger partial charge in [0, 0.05) is 37.4 Å². The van der Waals surface area contributed by atoms with Crippen LogP contribution in [-0.4, -0.2) is 45.4 Å². The minimum Gasteiger partial charge on any atom is -0.335 e. The van der Waals surface area contributed by atoms with Crippen molar-refractivity contribution in [2.45, 2.75) is 13.0 Å². The van der Waals surface area contributed by atoms with E-state index in [1.54, 1.807) is 12.3 Å². The lowest BCUT2D eigenvalue weighted by Gasteiger charge is -2.20.